The summed E-state index contributed by atoms with van der Waals surface area (Å²) in [6.07, 6.45) is 1.67. The normalized spacial score (nSPS) is 14.9. The summed E-state index contributed by atoms with van der Waals surface area (Å²) >= 11 is 0. The molecule has 0 aliphatic heterocycles. The maximum Gasteiger partial charge on any atom is 0.254 e. The van der Waals surface area contributed by atoms with Crippen molar-refractivity contribution in [2.24, 2.45) is 5.92 Å². The van der Waals surface area contributed by atoms with Gasteiger partial charge in [-0.2, -0.15) is 0 Å². The number of benzene rings is 2. The monoisotopic (exact) mass is 433 g/mol. The van der Waals surface area contributed by atoms with Crippen LogP contribution in [-0.4, -0.2) is 32.3 Å². The van der Waals surface area contributed by atoms with Gasteiger partial charge in [0.2, 0.25) is 15.9 Å². The van der Waals surface area contributed by atoms with Gasteiger partial charge in [-0.25, -0.2) is 17.5 Å². The molecule has 0 spiro atoms. The van der Waals surface area contributed by atoms with Gasteiger partial charge in [-0.05, 0) is 55.2 Å². The summed E-state index contributed by atoms with van der Waals surface area (Å²) in [5.41, 5.74) is 0.241. The molecule has 30 heavy (non-hydrogen) atoms. The van der Waals surface area contributed by atoms with Crippen LogP contribution in [0.15, 0.2) is 53.4 Å². The molecule has 7 nitrogen and oxygen atoms in total. The minimum absolute atomic E-state index is 0.000702. The first-order chi connectivity index (χ1) is 14.2. The largest absolute Gasteiger partial charge is 0.340 e. The Kier molecular flexibility index (Phi) is 6.52. The molecule has 2 aromatic carbocycles. The molecule has 9 heteroatoms. The first-order valence-corrected chi connectivity index (χ1v) is 11.1. The molecule has 1 saturated carbocycles. The number of anilines is 1. The molecule has 0 heterocycles. The van der Waals surface area contributed by atoms with Crippen LogP contribution in [0.1, 0.15) is 37.0 Å². The third-order valence-electron chi connectivity index (χ3n) is 4.69. The smallest absolute Gasteiger partial charge is 0.254 e. The first kappa shape index (κ1) is 21.9. The van der Waals surface area contributed by atoms with Gasteiger partial charge in [0.1, 0.15) is 11.9 Å². The van der Waals surface area contributed by atoms with Crippen molar-refractivity contribution in [1.29, 1.82) is 0 Å². The average molecular weight is 434 g/mol. The summed E-state index contributed by atoms with van der Waals surface area (Å²) in [6, 6.07) is 10.4. The Morgan fingerprint density at radius 2 is 1.67 bits per heavy atom. The Balaban J connectivity index is 1.67. The van der Waals surface area contributed by atoms with Gasteiger partial charge < -0.3 is 10.6 Å². The van der Waals surface area contributed by atoms with Crippen molar-refractivity contribution >= 4 is 27.5 Å². The molecular weight excluding hydrogens is 409 g/mol. The molecule has 2 amide bonds. The lowest BCUT2D eigenvalue weighted by Crippen LogP contribution is -2.47. The van der Waals surface area contributed by atoms with E-state index in [-0.39, 0.29) is 22.4 Å². The van der Waals surface area contributed by atoms with E-state index in [0.29, 0.717) is 5.69 Å². The highest BCUT2D eigenvalue weighted by Gasteiger charge is 2.28. The van der Waals surface area contributed by atoms with Gasteiger partial charge in [0.15, 0.2) is 0 Å². The number of amides is 2. The van der Waals surface area contributed by atoms with Crippen LogP contribution in [0.2, 0.25) is 0 Å². The van der Waals surface area contributed by atoms with Gasteiger partial charge in [0, 0.05) is 11.7 Å². The standard InChI is InChI=1S/C21H24FN3O4S/c1-13(2)19(24-20(26)17-5-3-4-6-18(17)22)21(27)23-14-9-11-16(12-10-14)30(28,29)25-15-7-8-15/h3-6,9-13,15,19,25H,7-8H2,1-2H3,(H,23,27)(H,24,26)/t19-/m1/s1. The van der Waals surface area contributed by atoms with Crippen LogP contribution in [0, 0.1) is 11.7 Å². The van der Waals surface area contributed by atoms with Crippen LogP contribution in [-0.2, 0) is 14.8 Å². The van der Waals surface area contributed by atoms with E-state index in [1.54, 1.807) is 13.8 Å². The quantitative estimate of drug-likeness (QED) is 0.595. The molecule has 2 aromatic rings. The van der Waals surface area contributed by atoms with E-state index in [1.807, 2.05) is 0 Å². The predicted octanol–water partition coefficient (Wildman–Crippen LogP) is 2.66. The van der Waals surface area contributed by atoms with E-state index >= 15 is 0 Å². The second-order valence-corrected chi connectivity index (χ2v) is 9.30. The van der Waals surface area contributed by atoms with Crippen LogP contribution in [0.25, 0.3) is 0 Å². The van der Waals surface area contributed by atoms with Crippen molar-refractivity contribution in [2.45, 2.75) is 43.7 Å². The molecule has 1 atom stereocenters. The number of nitrogens with one attached hydrogen (secondary N) is 3. The predicted molar refractivity (Wildman–Crippen MR) is 111 cm³/mol. The van der Waals surface area contributed by atoms with Gasteiger partial charge in [-0.1, -0.05) is 26.0 Å². The Morgan fingerprint density at radius 1 is 1.03 bits per heavy atom. The van der Waals surface area contributed by atoms with Gasteiger partial charge >= 0.3 is 0 Å². The Bertz CT molecular complexity index is 1030. The third kappa shape index (κ3) is 5.43. The van der Waals surface area contributed by atoms with Crippen molar-refractivity contribution in [2.75, 3.05) is 5.32 Å². The minimum Gasteiger partial charge on any atom is -0.340 e. The van der Waals surface area contributed by atoms with E-state index in [0.717, 1.165) is 12.8 Å². The number of rotatable bonds is 8. The van der Waals surface area contributed by atoms with Crippen molar-refractivity contribution < 1.29 is 22.4 Å². The van der Waals surface area contributed by atoms with Crippen LogP contribution >= 0.6 is 0 Å². The second-order valence-electron chi connectivity index (χ2n) is 7.58. The lowest BCUT2D eigenvalue weighted by molar-refractivity contribution is -0.118. The van der Waals surface area contributed by atoms with E-state index in [2.05, 4.69) is 15.4 Å². The summed E-state index contributed by atoms with van der Waals surface area (Å²) in [5.74, 6) is -2.10. The molecule has 0 aromatic heterocycles. The molecule has 1 aliphatic rings. The van der Waals surface area contributed by atoms with Crippen LogP contribution in [0.3, 0.4) is 0 Å². The van der Waals surface area contributed by atoms with E-state index in [1.165, 1.54) is 48.5 Å². The van der Waals surface area contributed by atoms with Gasteiger partial charge in [0.05, 0.1) is 10.5 Å². The summed E-state index contributed by atoms with van der Waals surface area (Å²) in [4.78, 5) is 25.2. The Labute approximate surface area is 175 Å². The minimum atomic E-state index is -3.58. The maximum atomic E-state index is 13.8. The number of sulfonamides is 1. The third-order valence-corrected chi connectivity index (χ3v) is 6.22. The Hall–Kier alpha value is -2.78. The lowest BCUT2D eigenvalue weighted by atomic mass is 10.0. The Morgan fingerprint density at radius 3 is 2.23 bits per heavy atom. The molecule has 0 unspecified atom stereocenters. The van der Waals surface area contributed by atoms with E-state index < -0.39 is 33.7 Å². The number of carbonyl (C=O) groups is 2. The average Bonchev–Trinajstić information content (AvgIpc) is 3.49. The molecule has 160 valence electrons. The van der Waals surface area contributed by atoms with Crippen molar-refractivity contribution in [1.82, 2.24) is 10.0 Å². The van der Waals surface area contributed by atoms with Crippen LogP contribution < -0.4 is 15.4 Å². The highest BCUT2D eigenvalue weighted by Crippen LogP contribution is 2.23. The first-order valence-electron chi connectivity index (χ1n) is 9.66. The number of carbonyl (C=O) groups excluding carboxylic acids is 2. The zero-order chi connectivity index (χ0) is 21.9. The number of halogens is 1. The topological polar surface area (TPSA) is 104 Å². The maximum absolute atomic E-state index is 13.8. The molecule has 3 rings (SSSR count). The fourth-order valence-electron chi connectivity index (χ4n) is 2.83. The van der Waals surface area contributed by atoms with E-state index in [4.69, 9.17) is 0 Å². The fourth-order valence-corrected chi connectivity index (χ4v) is 4.13. The molecule has 0 saturated heterocycles. The molecule has 0 bridgehead atoms. The molecule has 1 fully saturated rings. The molecule has 1 aliphatic carbocycles. The summed E-state index contributed by atoms with van der Waals surface area (Å²) in [5, 5.41) is 5.22. The van der Waals surface area contributed by atoms with Crippen molar-refractivity contribution in [3.63, 3.8) is 0 Å². The summed E-state index contributed by atoms with van der Waals surface area (Å²) in [7, 11) is -3.58. The van der Waals surface area contributed by atoms with Crippen LogP contribution in [0.4, 0.5) is 10.1 Å². The molecule has 3 N–H and O–H groups in total. The van der Waals surface area contributed by atoms with Crippen molar-refractivity contribution in [3.8, 4) is 0 Å². The van der Waals surface area contributed by atoms with Gasteiger partial charge in [-0.3, -0.25) is 9.59 Å². The second kappa shape index (κ2) is 8.93. The zero-order valence-electron chi connectivity index (χ0n) is 16.7. The fraction of sp³-hybridized carbons (Fsp3) is 0.333. The number of hydrogen-bond donors (Lipinski definition) is 3. The van der Waals surface area contributed by atoms with Gasteiger partial charge in [-0.15, -0.1) is 0 Å². The highest BCUT2D eigenvalue weighted by molar-refractivity contribution is 7.89. The highest BCUT2D eigenvalue weighted by atomic mass is 32.2. The molecule has 0 radical (unpaired) electrons. The van der Waals surface area contributed by atoms with E-state index in [9.17, 15) is 22.4 Å². The zero-order valence-corrected chi connectivity index (χ0v) is 17.5. The molecular formula is C21H24FN3O4S. The van der Waals surface area contributed by atoms with Crippen LogP contribution in [0.5, 0.6) is 0 Å². The van der Waals surface area contributed by atoms with Crippen molar-refractivity contribution in [3.05, 3.63) is 59.9 Å². The summed E-state index contributed by atoms with van der Waals surface area (Å²) in [6.45, 7) is 3.51. The lowest BCUT2D eigenvalue weighted by Gasteiger charge is -2.22. The SMILES string of the molecule is CC(C)[C@@H](NC(=O)c1ccccc1F)C(=O)Nc1ccc(S(=O)(=O)NC2CC2)cc1. The number of hydrogen-bond acceptors (Lipinski definition) is 4. The van der Waals surface area contributed by atoms with Gasteiger partial charge in [0.25, 0.3) is 5.91 Å². The summed E-state index contributed by atoms with van der Waals surface area (Å²) < 4.78 is 40.9.